The van der Waals surface area contributed by atoms with E-state index in [0.29, 0.717) is 38.7 Å². The quantitative estimate of drug-likeness (QED) is 0.300. The van der Waals surface area contributed by atoms with Crippen molar-refractivity contribution >= 4 is 38.9 Å². The van der Waals surface area contributed by atoms with Crippen LogP contribution in [0.3, 0.4) is 0 Å². The molecule has 0 saturated heterocycles. The Morgan fingerprint density at radius 1 is 0.970 bits per heavy atom. The van der Waals surface area contributed by atoms with E-state index in [1.807, 2.05) is 52.7 Å². The number of H-pyrrole nitrogens is 1. The fourth-order valence-electron chi connectivity index (χ4n) is 3.55. The highest BCUT2D eigenvalue weighted by Gasteiger charge is 2.16. The summed E-state index contributed by atoms with van der Waals surface area (Å²) >= 11 is 7.42. The van der Waals surface area contributed by atoms with E-state index in [4.69, 9.17) is 11.6 Å². The zero-order valence-electron chi connectivity index (χ0n) is 17.2. The Balaban J connectivity index is 0.00000259. The standard InChI is InChI=1S/C25H16ClN3O2S.ClH/c26-19-8-6-16(7-9-19)20-15-32-25-22(20)24(31)27-21(28-25)14-29-12-10-18(11-13-29)23(30)17-4-2-1-3-5-17;/h1-13,15H,14H2;1H. The molecule has 0 saturated carbocycles. The molecule has 3 heterocycles. The molecule has 0 aliphatic heterocycles. The number of pyridine rings is 1. The first-order valence-corrected chi connectivity index (χ1v) is 11.2. The predicted molar refractivity (Wildman–Crippen MR) is 126 cm³/mol. The lowest BCUT2D eigenvalue weighted by molar-refractivity contribution is -0.689. The molecular formula is C25H17Cl2N3O2S. The number of nitrogens with one attached hydrogen (secondary N) is 1. The summed E-state index contributed by atoms with van der Waals surface area (Å²) in [7, 11) is 0. The lowest BCUT2D eigenvalue weighted by atomic mass is 10.0. The number of carbonyl (C=O) groups is 1. The average Bonchev–Trinajstić information content (AvgIpc) is 3.25. The molecule has 3 aromatic heterocycles. The molecule has 0 amide bonds. The van der Waals surface area contributed by atoms with E-state index in [0.717, 1.165) is 11.1 Å². The molecule has 0 bridgehead atoms. The van der Waals surface area contributed by atoms with Crippen LogP contribution in [0.25, 0.3) is 21.3 Å². The number of aromatic nitrogens is 3. The van der Waals surface area contributed by atoms with Crippen LogP contribution in [0.4, 0.5) is 0 Å². The van der Waals surface area contributed by atoms with E-state index in [1.54, 1.807) is 36.4 Å². The monoisotopic (exact) mass is 493 g/mol. The maximum Gasteiger partial charge on any atom is 0.260 e. The van der Waals surface area contributed by atoms with Gasteiger partial charge in [0.05, 0.1) is 5.39 Å². The van der Waals surface area contributed by atoms with Crippen molar-refractivity contribution in [2.24, 2.45) is 0 Å². The summed E-state index contributed by atoms with van der Waals surface area (Å²) in [6.45, 7) is 0.388. The summed E-state index contributed by atoms with van der Waals surface area (Å²) < 4.78 is 1.87. The summed E-state index contributed by atoms with van der Waals surface area (Å²) in [4.78, 5) is 33.6. The molecule has 0 fully saturated rings. The molecule has 0 unspecified atom stereocenters. The lowest BCUT2D eigenvalue weighted by Gasteiger charge is -2.02. The molecule has 5 rings (SSSR count). The molecular weight excluding hydrogens is 477 g/mol. The maximum absolute atomic E-state index is 12.8. The second kappa shape index (κ2) is 9.67. The van der Waals surface area contributed by atoms with Gasteiger partial charge in [0.1, 0.15) is 4.83 Å². The van der Waals surface area contributed by atoms with Crippen molar-refractivity contribution in [3.05, 3.63) is 117 Å². The SMILES string of the molecule is O=C(c1ccccc1)c1cc[n+](Cc2nc3scc(-c4ccc(Cl)cc4)c3c(=O)[nH]2)cc1.[Cl-]. The van der Waals surface area contributed by atoms with Gasteiger partial charge in [-0.25, -0.2) is 4.98 Å². The van der Waals surface area contributed by atoms with Crippen LogP contribution in [0.15, 0.2) is 89.3 Å². The zero-order chi connectivity index (χ0) is 22.1. The summed E-state index contributed by atoms with van der Waals surface area (Å²) in [5.74, 6) is 0.526. The Labute approximate surface area is 204 Å². The van der Waals surface area contributed by atoms with Gasteiger partial charge in [-0.1, -0.05) is 54.1 Å². The van der Waals surface area contributed by atoms with Crippen LogP contribution in [-0.2, 0) is 6.54 Å². The van der Waals surface area contributed by atoms with Crippen LogP contribution in [0.1, 0.15) is 21.7 Å². The van der Waals surface area contributed by atoms with Gasteiger partial charge in [-0.05, 0) is 17.7 Å². The number of aromatic amines is 1. The Kier molecular flexibility index (Phi) is 6.70. The second-order valence-corrected chi connectivity index (χ2v) is 8.60. The number of ketones is 1. The number of hydrogen-bond donors (Lipinski definition) is 1. The zero-order valence-corrected chi connectivity index (χ0v) is 19.5. The number of thiophene rings is 1. The van der Waals surface area contributed by atoms with Gasteiger partial charge in [-0.15, -0.1) is 11.3 Å². The summed E-state index contributed by atoms with van der Waals surface area (Å²) in [5.41, 5.74) is 2.85. The van der Waals surface area contributed by atoms with Crippen molar-refractivity contribution in [1.82, 2.24) is 9.97 Å². The number of benzene rings is 2. The molecule has 5 nitrogen and oxygen atoms in total. The molecule has 2 aromatic carbocycles. The fourth-order valence-corrected chi connectivity index (χ4v) is 4.65. The average molecular weight is 494 g/mol. The van der Waals surface area contributed by atoms with E-state index in [9.17, 15) is 9.59 Å². The van der Waals surface area contributed by atoms with Crippen LogP contribution < -0.4 is 22.5 Å². The minimum atomic E-state index is -0.173. The van der Waals surface area contributed by atoms with Gasteiger partial charge in [-0.3, -0.25) is 9.59 Å². The number of carbonyl (C=O) groups excluding carboxylic acids is 1. The Bertz CT molecular complexity index is 1480. The largest absolute Gasteiger partial charge is 1.00 e. The van der Waals surface area contributed by atoms with Crippen LogP contribution in [0.5, 0.6) is 0 Å². The number of fused-ring (bicyclic) bond motifs is 1. The molecule has 1 N–H and O–H groups in total. The van der Waals surface area contributed by atoms with Gasteiger partial charge >= 0.3 is 0 Å². The second-order valence-electron chi connectivity index (χ2n) is 7.30. The van der Waals surface area contributed by atoms with Gasteiger partial charge < -0.3 is 17.4 Å². The van der Waals surface area contributed by atoms with Gasteiger partial charge in [0.15, 0.2) is 24.0 Å². The number of nitrogens with zero attached hydrogens (tertiary/aromatic N) is 2. The lowest BCUT2D eigenvalue weighted by Crippen LogP contribution is -3.00. The first-order valence-electron chi connectivity index (χ1n) is 9.94. The molecule has 0 atom stereocenters. The Hall–Kier alpha value is -3.32. The maximum atomic E-state index is 12.8. The van der Waals surface area contributed by atoms with Crippen LogP contribution >= 0.6 is 22.9 Å². The van der Waals surface area contributed by atoms with Crippen LogP contribution in [0.2, 0.25) is 5.02 Å². The van der Waals surface area contributed by atoms with E-state index in [1.165, 1.54) is 11.3 Å². The van der Waals surface area contributed by atoms with Crippen molar-refractivity contribution in [3.63, 3.8) is 0 Å². The molecule has 8 heteroatoms. The first-order chi connectivity index (χ1) is 15.6. The van der Waals surface area contributed by atoms with Crippen molar-refractivity contribution in [2.45, 2.75) is 6.54 Å². The Morgan fingerprint density at radius 2 is 1.64 bits per heavy atom. The molecule has 33 heavy (non-hydrogen) atoms. The molecule has 0 aliphatic carbocycles. The molecule has 0 aliphatic rings. The highest BCUT2D eigenvalue weighted by molar-refractivity contribution is 7.17. The van der Waals surface area contributed by atoms with E-state index < -0.39 is 0 Å². The summed E-state index contributed by atoms with van der Waals surface area (Å²) in [6, 6.07) is 20.1. The van der Waals surface area contributed by atoms with Crippen molar-refractivity contribution in [1.29, 1.82) is 0 Å². The van der Waals surface area contributed by atoms with Crippen molar-refractivity contribution in [2.75, 3.05) is 0 Å². The minimum Gasteiger partial charge on any atom is -1.00 e. The van der Waals surface area contributed by atoms with E-state index >= 15 is 0 Å². The van der Waals surface area contributed by atoms with Crippen molar-refractivity contribution < 1.29 is 21.8 Å². The molecule has 5 aromatic rings. The van der Waals surface area contributed by atoms with Crippen LogP contribution in [0, 0.1) is 0 Å². The number of halogens is 2. The summed E-state index contributed by atoms with van der Waals surface area (Å²) in [5, 5.41) is 3.17. The van der Waals surface area contributed by atoms with Crippen molar-refractivity contribution in [3.8, 4) is 11.1 Å². The third-order valence-corrected chi connectivity index (χ3v) is 6.29. The van der Waals surface area contributed by atoms with Crippen LogP contribution in [-0.4, -0.2) is 15.8 Å². The minimum absolute atomic E-state index is 0. The van der Waals surface area contributed by atoms with Gasteiger partial charge in [0, 0.05) is 39.2 Å². The number of hydrogen-bond acceptors (Lipinski definition) is 4. The smallest absolute Gasteiger partial charge is 0.260 e. The highest BCUT2D eigenvalue weighted by atomic mass is 35.5. The Morgan fingerprint density at radius 3 is 2.33 bits per heavy atom. The molecule has 0 spiro atoms. The molecule has 164 valence electrons. The third kappa shape index (κ3) is 4.73. The van der Waals surface area contributed by atoms with Gasteiger partial charge in [-0.2, -0.15) is 4.57 Å². The summed E-state index contributed by atoms with van der Waals surface area (Å²) in [6.07, 6.45) is 3.63. The van der Waals surface area contributed by atoms with Gasteiger partial charge in [0.25, 0.3) is 5.56 Å². The fraction of sp³-hybridized carbons (Fsp3) is 0.0400. The normalized spacial score (nSPS) is 10.7. The molecule has 0 radical (unpaired) electrons. The topological polar surface area (TPSA) is 66.7 Å². The number of rotatable bonds is 5. The van der Waals surface area contributed by atoms with Gasteiger partial charge in [0.2, 0.25) is 6.54 Å². The predicted octanol–water partition coefficient (Wildman–Crippen LogP) is 1.88. The highest BCUT2D eigenvalue weighted by Crippen LogP contribution is 2.31. The van der Waals surface area contributed by atoms with E-state index in [-0.39, 0.29) is 23.7 Å². The third-order valence-electron chi connectivity index (χ3n) is 5.17. The van der Waals surface area contributed by atoms with E-state index in [2.05, 4.69) is 9.97 Å². The first kappa shape index (κ1) is 22.9.